The molecule has 0 fully saturated rings. The second kappa shape index (κ2) is 8.39. The summed E-state index contributed by atoms with van der Waals surface area (Å²) in [6, 6.07) is 8.73. The average molecular weight is 370 g/mol. The molecule has 8 heteroatoms. The molecule has 1 aromatic carbocycles. The smallest absolute Gasteiger partial charge is 0.310 e. The molecule has 0 radical (unpaired) electrons. The molecule has 27 heavy (non-hydrogen) atoms. The summed E-state index contributed by atoms with van der Waals surface area (Å²) in [5.41, 5.74) is 2.56. The van der Waals surface area contributed by atoms with E-state index < -0.39 is 12.6 Å². The molecule has 0 spiro atoms. The summed E-state index contributed by atoms with van der Waals surface area (Å²) in [6.45, 7) is -0.936. The molecule has 0 bridgehead atoms. The topological polar surface area (TPSA) is 79.0 Å². The van der Waals surface area contributed by atoms with Crippen molar-refractivity contribution in [3.63, 3.8) is 0 Å². The molecule has 3 rings (SSSR count). The molecule has 2 aromatic heterocycles. The van der Waals surface area contributed by atoms with Crippen molar-refractivity contribution in [2.45, 2.75) is 12.8 Å². The Morgan fingerprint density at radius 1 is 1.26 bits per heavy atom. The maximum atomic E-state index is 12.2. The van der Waals surface area contributed by atoms with Crippen molar-refractivity contribution < 1.29 is 13.9 Å². The molecule has 2 heterocycles. The first-order valence-electron chi connectivity index (χ1n) is 8.42. The number of carbonyl (C=O) groups excluding carboxylic acids is 1. The minimum absolute atomic E-state index is 0.0516. The SMILES string of the molecule is Cn1cc(-n2ccc(=O)c(Cc3cccc(CC(=O)OCCF)c3)n2)cn1. The Morgan fingerprint density at radius 2 is 2.07 bits per heavy atom. The summed E-state index contributed by atoms with van der Waals surface area (Å²) in [7, 11) is 1.80. The monoisotopic (exact) mass is 370 g/mol. The van der Waals surface area contributed by atoms with E-state index in [0.29, 0.717) is 12.1 Å². The fraction of sp³-hybridized carbons (Fsp3) is 0.263. The molecule has 0 amide bonds. The molecular formula is C19H19FN4O3. The molecule has 3 aromatic rings. The van der Waals surface area contributed by atoms with E-state index in [4.69, 9.17) is 4.74 Å². The molecule has 0 saturated heterocycles. The molecule has 0 unspecified atom stereocenters. The van der Waals surface area contributed by atoms with Gasteiger partial charge >= 0.3 is 5.97 Å². The second-order valence-corrected chi connectivity index (χ2v) is 6.03. The van der Waals surface area contributed by atoms with Gasteiger partial charge in [0.15, 0.2) is 0 Å². The summed E-state index contributed by atoms with van der Waals surface area (Å²) in [5.74, 6) is -0.485. The van der Waals surface area contributed by atoms with Gasteiger partial charge in [-0.3, -0.25) is 14.3 Å². The highest BCUT2D eigenvalue weighted by Gasteiger charge is 2.09. The second-order valence-electron chi connectivity index (χ2n) is 6.03. The van der Waals surface area contributed by atoms with Gasteiger partial charge in [0.1, 0.15) is 24.7 Å². The van der Waals surface area contributed by atoms with E-state index >= 15 is 0 Å². The first kappa shape index (κ1) is 18.5. The van der Waals surface area contributed by atoms with Gasteiger partial charge in [-0.05, 0) is 11.1 Å². The zero-order valence-corrected chi connectivity index (χ0v) is 14.8. The number of carbonyl (C=O) groups is 1. The van der Waals surface area contributed by atoms with Crippen molar-refractivity contribution in [2.24, 2.45) is 7.05 Å². The van der Waals surface area contributed by atoms with Crippen molar-refractivity contribution in [3.8, 4) is 5.69 Å². The predicted octanol–water partition coefficient (Wildman–Crippen LogP) is 1.61. The van der Waals surface area contributed by atoms with Crippen LogP contribution >= 0.6 is 0 Å². The summed E-state index contributed by atoms with van der Waals surface area (Å²) in [5, 5.41) is 8.50. The fourth-order valence-electron chi connectivity index (χ4n) is 2.65. The minimum Gasteiger partial charge on any atom is -0.463 e. The number of halogens is 1. The number of benzene rings is 1. The quantitative estimate of drug-likeness (QED) is 0.591. The van der Waals surface area contributed by atoms with Crippen LogP contribution in [0.1, 0.15) is 16.8 Å². The first-order chi connectivity index (χ1) is 13.0. The van der Waals surface area contributed by atoms with Crippen molar-refractivity contribution >= 4 is 5.97 Å². The summed E-state index contributed by atoms with van der Waals surface area (Å²) < 4.78 is 20.1. The molecule has 0 saturated carbocycles. The van der Waals surface area contributed by atoms with E-state index in [1.807, 2.05) is 12.1 Å². The highest BCUT2D eigenvalue weighted by atomic mass is 19.1. The Bertz CT molecular complexity index is 996. The molecule has 0 aliphatic carbocycles. The van der Waals surface area contributed by atoms with Crippen LogP contribution in [0.3, 0.4) is 0 Å². The van der Waals surface area contributed by atoms with E-state index in [0.717, 1.165) is 16.8 Å². The zero-order valence-electron chi connectivity index (χ0n) is 14.8. The molecule has 7 nitrogen and oxygen atoms in total. The molecule has 0 N–H and O–H groups in total. The molecule has 0 aliphatic rings. The predicted molar refractivity (Wildman–Crippen MR) is 96.5 cm³/mol. The van der Waals surface area contributed by atoms with E-state index in [-0.39, 0.29) is 18.5 Å². The average Bonchev–Trinajstić information content (AvgIpc) is 3.08. The Labute approximate surface area is 155 Å². The Balaban J connectivity index is 1.78. The van der Waals surface area contributed by atoms with Gasteiger partial charge in [-0.1, -0.05) is 24.3 Å². The molecule has 0 atom stereocenters. The highest BCUT2D eigenvalue weighted by Crippen LogP contribution is 2.11. The van der Waals surface area contributed by atoms with Gasteiger partial charge in [0, 0.05) is 25.7 Å². The van der Waals surface area contributed by atoms with Crippen molar-refractivity contribution in [3.05, 3.63) is 76.0 Å². The van der Waals surface area contributed by atoms with Crippen LogP contribution in [0.5, 0.6) is 0 Å². The van der Waals surface area contributed by atoms with Crippen LogP contribution in [0.25, 0.3) is 5.69 Å². The Hall–Kier alpha value is -3.29. The van der Waals surface area contributed by atoms with Gasteiger partial charge in [-0.25, -0.2) is 9.07 Å². The van der Waals surface area contributed by atoms with Crippen molar-refractivity contribution in [1.29, 1.82) is 0 Å². The van der Waals surface area contributed by atoms with Crippen molar-refractivity contribution in [2.75, 3.05) is 13.3 Å². The van der Waals surface area contributed by atoms with Gasteiger partial charge in [0.05, 0.1) is 18.8 Å². The number of aromatic nitrogens is 4. The van der Waals surface area contributed by atoms with Crippen LogP contribution in [0.15, 0.2) is 53.7 Å². The highest BCUT2D eigenvalue weighted by molar-refractivity contribution is 5.72. The number of hydrogen-bond acceptors (Lipinski definition) is 5. The van der Waals surface area contributed by atoms with E-state index in [1.165, 1.54) is 6.07 Å². The van der Waals surface area contributed by atoms with Crippen LogP contribution in [0.4, 0.5) is 4.39 Å². The third kappa shape index (κ3) is 4.87. The fourth-order valence-corrected chi connectivity index (χ4v) is 2.65. The largest absolute Gasteiger partial charge is 0.463 e. The van der Waals surface area contributed by atoms with Crippen LogP contribution in [0, 0.1) is 0 Å². The van der Waals surface area contributed by atoms with E-state index in [2.05, 4.69) is 10.2 Å². The lowest BCUT2D eigenvalue weighted by Crippen LogP contribution is -2.16. The van der Waals surface area contributed by atoms with Crippen LogP contribution < -0.4 is 5.43 Å². The molecular weight excluding hydrogens is 351 g/mol. The molecule has 140 valence electrons. The summed E-state index contributed by atoms with van der Waals surface area (Å²) in [4.78, 5) is 23.8. The molecule has 0 aliphatic heterocycles. The number of esters is 1. The standard InChI is InChI=1S/C19H19FN4O3/c1-23-13-16(12-21-23)24-7-5-18(25)17(22-24)10-14-3-2-4-15(9-14)11-19(26)27-8-6-20/h2-5,7,9,12-13H,6,8,10-11H2,1H3. The maximum Gasteiger partial charge on any atom is 0.310 e. The van der Waals surface area contributed by atoms with Crippen molar-refractivity contribution in [1.82, 2.24) is 19.6 Å². The number of alkyl halides is 1. The van der Waals surface area contributed by atoms with Gasteiger partial charge in [0.2, 0.25) is 5.43 Å². The zero-order chi connectivity index (χ0) is 19.2. The number of rotatable bonds is 7. The summed E-state index contributed by atoms with van der Waals surface area (Å²) >= 11 is 0. The minimum atomic E-state index is -0.700. The lowest BCUT2D eigenvalue weighted by molar-refractivity contribution is -0.143. The number of nitrogens with zero attached hydrogens (tertiary/aromatic N) is 4. The van der Waals surface area contributed by atoms with Gasteiger partial charge in [-0.15, -0.1) is 0 Å². The van der Waals surface area contributed by atoms with Crippen LogP contribution in [0.2, 0.25) is 0 Å². The number of hydrogen-bond donors (Lipinski definition) is 0. The number of ether oxygens (including phenoxy) is 1. The third-order valence-electron chi connectivity index (χ3n) is 3.89. The summed E-state index contributed by atoms with van der Waals surface area (Å²) in [6.07, 6.45) is 5.43. The van der Waals surface area contributed by atoms with E-state index in [9.17, 15) is 14.0 Å². The first-order valence-corrected chi connectivity index (χ1v) is 8.42. The van der Waals surface area contributed by atoms with Gasteiger partial charge < -0.3 is 4.74 Å². The van der Waals surface area contributed by atoms with E-state index in [1.54, 1.807) is 47.1 Å². The maximum absolute atomic E-state index is 12.2. The number of aryl methyl sites for hydroxylation is 1. The lowest BCUT2D eigenvalue weighted by atomic mass is 10.0. The normalized spacial score (nSPS) is 10.7. The van der Waals surface area contributed by atoms with Crippen LogP contribution in [-0.4, -0.2) is 38.8 Å². The third-order valence-corrected chi connectivity index (χ3v) is 3.89. The van der Waals surface area contributed by atoms with Gasteiger partial charge in [0.25, 0.3) is 0 Å². The Morgan fingerprint density at radius 3 is 2.81 bits per heavy atom. The van der Waals surface area contributed by atoms with Gasteiger partial charge in [-0.2, -0.15) is 10.2 Å². The lowest BCUT2D eigenvalue weighted by Gasteiger charge is -2.07. The Kier molecular flexibility index (Phi) is 5.75. The van der Waals surface area contributed by atoms with Crippen LogP contribution in [-0.2, 0) is 29.4 Å².